The Labute approximate surface area is 118 Å². The van der Waals surface area contributed by atoms with Crippen molar-refractivity contribution in [3.05, 3.63) is 34.1 Å². The maximum atomic E-state index is 13.1. The summed E-state index contributed by atoms with van der Waals surface area (Å²) < 4.78 is 13.6. The number of hydrogen-bond acceptors (Lipinski definition) is 2. The fourth-order valence-electron chi connectivity index (χ4n) is 1.80. The zero-order chi connectivity index (χ0) is 13.7. The Hall–Kier alpha value is -0.450. The molecule has 4 heteroatoms. The number of benzene rings is 1. The molecule has 102 valence electrons. The minimum absolute atomic E-state index is 0.215. The molecular weight excluding hydrogens is 295 g/mol. The molecule has 0 saturated carbocycles. The Kier molecular flexibility index (Phi) is 6.26. The van der Waals surface area contributed by atoms with Crippen LogP contribution in [-0.4, -0.2) is 31.6 Å². The number of halogens is 2. The van der Waals surface area contributed by atoms with Gasteiger partial charge in [-0.05, 0) is 53.6 Å². The topological polar surface area (TPSA) is 15.3 Å². The number of hydrogen-bond donors (Lipinski definition) is 1. The first-order valence-electron chi connectivity index (χ1n) is 6.22. The molecule has 0 fully saturated rings. The van der Waals surface area contributed by atoms with E-state index in [2.05, 4.69) is 54.1 Å². The molecule has 0 aliphatic carbocycles. The van der Waals surface area contributed by atoms with E-state index in [1.807, 2.05) is 12.1 Å². The molecule has 0 aromatic heterocycles. The highest BCUT2D eigenvalue weighted by Gasteiger charge is 2.13. The largest absolute Gasteiger partial charge is 0.308 e. The molecule has 1 rings (SSSR count). The summed E-state index contributed by atoms with van der Waals surface area (Å²) in [6.07, 6.45) is 0. The van der Waals surface area contributed by atoms with E-state index in [1.165, 1.54) is 6.07 Å². The van der Waals surface area contributed by atoms with Crippen molar-refractivity contribution in [1.82, 2.24) is 10.2 Å². The number of nitrogens with one attached hydrogen (secondary N) is 1. The Bertz CT molecular complexity index is 380. The molecular formula is C14H22BrFN2. The van der Waals surface area contributed by atoms with Crippen molar-refractivity contribution in [2.75, 3.05) is 20.6 Å². The average molecular weight is 317 g/mol. The van der Waals surface area contributed by atoms with E-state index in [9.17, 15) is 4.39 Å². The fourth-order valence-corrected chi connectivity index (χ4v) is 2.23. The van der Waals surface area contributed by atoms with E-state index < -0.39 is 0 Å². The van der Waals surface area contributed by atoms with Crippen LogP contribution in [-0.2, 0) is 6.54 Å². The van der Waals surface area contributed by atoms with Gasteiger partial charge in [0, 0.05) is 19.1 Å². The average Bonchev–Trinajstić information content (AvgIpc) is 2.28. The van der Waals surface area contributed by atoms with E-state index in [4.69, 9.17) is 0 Å². The Morgan fingerprint density at radius 3 is 2.50 bits per heavy atom. The Morgan fingerprint density at radius 2 is 2.00 bits per heavy atom. The predicted octanol–water partition coefficient (Wildman–Crippen LogP) is 3.26. The molecule has 2 nitrogen and oxygen atoms in total. The molecule has 0 bridgehead atoms. The summed E-state index contributed by atoms with van der Waals surface area (Å²) in [5.74, 6) is 0.351. The van der Waals surface area contributed by atoms with Gasteiger partial charge >= 0.3 is 0 Å². The van der Waals surface area contributed by atoms with Crippen LogP contribution in [0.2, 0.25) is 0 Å². The zero-order valence-corrected chi connectivity index (χ0v) is 13.1. The smallest absolute Gasteiger partial charge is 0.137 e. The fraction of sp³-hybridized carbons (Fsp3) is 0.571. The second-order valence-electron chi connectivity index (χ2n) is 5.24. The zero-order valence-electron chi connectivity index (χ0n) is 11.5. The molecule has 0 heterocycles. The molecule has 0 saturated heterocycles. The van der Waals surface area contributed by atoms with Crippen LogP contribution in [0.5, 0.6) is 0 Å². The Morgan fingerprint density at radius 1 is 1.33 bits per heavy atom. The molecule has 0 radical (unpaired) electrons. The maximum Gasteiger partial charge on any atom is 0.137 e. The van der Waals surface area contributed by atoms with E-state index in [1.54, 1.807) is 0 Å². The number of rotatable bonds is 6. The van der Waals surface area contributed by atoms with Gasteiger partial charge in [-0.15, -0.1) is 0 Å². The van der Waals surface area contributed by atoms with Gasteiger partial charge in [0.15, 0.2) is 0 Å². The summed E-state index contributed by atoms with van der Waals surface area (Å²) in [7, 11) is 4.15. The van der Waals surface area contributed by atoms with Crippen LogP contribution >= 0.6 is 15.9 Å². The van der Waals surface area contributed by atoms with E-state index in [-0.39, 0.29) is 5.82 Å². The molecule has 1 aromatic rings. The van der Waals surface area contributed by atoms with Crippen LogP contribution in [0.25, 0.3) is 0 Å². The summed E-state index contributed by atoms with van der Waals surface area (Å²) in [5.41, 5.74) is 1.09. The predicted molar refractivity (Wildman–Crippen MR) is 78.1 cm³/mol. The summed E-state index contributed by atoms with van der Waals surface area (Å²) >= 11 is 3.21. The highest BCUT2D eigenvalue weighted by atomic mass is 79.9. The molecule has 0 aliphatic rings. The maximum absolute atomic E-state index is 13.1. The summed E-state index contributed by atoms with van der Waals surface area (Å²) in [5, 5.41) is 3.53. The summed E-state index contributed by atoms with van der Waals surface area (Å²) in [6.45, 7) is 6.18. The summed E-state index contributed by atoms with van der Waals surface area (Å²) in [4.78, 5) is 2.18. The first-order chi connectivity index (χ1) is 8.40. The Balaban J connectivity index is 2.58. The third-order valence-electron chi connectivity index (χ3n) is 2.92. The van der Waals surface area contributed by atoms with E-state index >= 15 is 0 Å². The summed E-state index contributed by atoms with van der Waals surface area (Å²) in [6, 6.07) is 5.58. The molecule has 0 amide bonds. The van der Waals surface area contributed by atoms with Crippen LogP contribution in [0.3, 0.4) is 0 Å². The lowest BCUT2D eigenvalue weighted by molar-refractivity contribution is 0.288. The standard InChI is InChI=1S/C14H22BrFN2/c1-10(2)14(9-18(3)4)17-8-11-5-6-13(16)12(15)7-11/h5-7,10,14,17H,8-9H2,1-4H3. The van der Waals surface area contributed by atoms with Crippen molar-refractivity contribution in [3.8, 4) is 0 Å². The van der Waals surface area contributed by atoms with Crippen LogP contribution in [0.15, 0.2) is 22.7 Å². The molecule has 0 spiro atoms. The molecule has 1 aromatic carbocycles. The molecule has 18 heavy (non-hydrogen) atoms. The lowest BCUT2D eigenvalue weighted by Gasteiger charge is -2.25. The quantitative estimate of drug-likeness (QED) is 0.866. The second kappa shape index (κ2) is 7.22. The van der Waals surface area contributed by atoms with Gasteiger partial charge in [-0.25, -0.2) is 4.39 Å². The first kappa shape index (κ1) is 15.6. The van der Waals surface area contributed by atoms with Gasteiger partial charge in [0.05, 0.1) is 4.47 Å². The van der Waals surface area contributed by atoms with Gasteiger partial charge in [-0.2, -0.15) is 0 Å². The molecule has 0 aliphatic heterocycles. The number of nitrogens with zero attached hydrogens (tertiary/aromatic N) is 1. The van der Waals surface area contributed by atoms with Gasteiger partial charge < -0.3 is 10.2 Å². The van der Waals surface area contributed by atoms with Gasteiger partial charge in [0.25, 0.3) is 0 Å². The third-order valence-corrected chi connectivity index (χ3v) is 3.53. The second-order valence-corrected chi connectivity index (χ2v) is 6.10. The highest BCUT2D eigenvalue weighted by Crippen LogP contribution is 2.17. The third kappa shape index (κ3) is 5.04. The lowest BCUT2D eigenvalue weighted by Crippen LogP contribution is -2.41. The first-order valence-corrected chi connectivity index (χ1v) is 7.01. The van der Waals surface area contributed by atoms with Crippen LogP contribution < -0.4 is 5.32 Å². The van der Waals surface area contributed by atoms with Crippen molar-refractivity contribution in [2.45, 2.75) is 26.4 Å². The van der Waals surface area contributed by atoms with Crippen molar-refractivity contribution in [1.29, 1.82) is 0 Å². The van der Waals surface area contributed by atoms with Crippen LogP contribution in [0.4, 0.5) is 4.39 Å². The van der Waals surface area contributed by atoms with Crippen molar-refractivity contribution in [2.24, 2.45) is 5.92 Å². The van der Waals surface area contributed by atoms with Crippen LogP contribution in [0.1, 0.15) is 19.4 Å². The number of likely N-dealkylation sites (N-methyl/N-ethyl adjacent to an activating group) is 1. The van der Waals surface area contributed by atoms with Gasteiger partial charge in [0.1, 0.15) is 5.82 Å². The SMILES string of the molecule is CC(C)C(CN(C)C)NCc1ccc(F)c(Br)c1. The van der Waals surface area contributed by atoms with E-state index in [0.717, 1.165) is 18.7 Å². The van der Waals surface area contributed by atoms with Gasteiger partial charge in [-0.3, -0.25) is 0 Å². The van der Waals surface area contributed by atoms with Crippen molar-refractivity contribution in [3.63, 3.8) is 0 Å². The van der Waals surface area contributed by atoms with Crippen molar-refractivity contribution < 1.29 is 4.39 Å². The molecule has 1 atom stereocenters. The molecule has 1 N–H and O–H groups in total. The van der Waals surface area contributed by atoms with Gasteiger partial charge in [0.2, 0.25) is 0 Å². The lowest BCUT2D eigenvalue weighted by atomic mass is 10.0. The highest BCUT2D eigenvalue weighted by molar-refractivity contribution is 9.10. The molecule has 1 unspecified atom stereocenters. The minimum Gasteiger partial charge on any atom is -0.308 e. The van der Waals surface area contributed by atoms with E-state index in [0.29, 0.717) is 16.4 Å². The normalized spacial score (nSPS) is 13.3. The van der Waals surface area contributed by atoms with Gasteiger partial charge in [-0.1, -0.05) is 19.9 Å². The monoisotopic (exact) mass is 316 g/mol. The van der Waals surface area contributed by atoms with Crippen LogP contribution in [0, 0.1) is 11.7 Å². The van der Waals surface area contributed by atoms with Crippen molar-refractivity contribution >= 4 is 15.9 Å². The minimum atomic E-state index is -0.215.